The number of aromatic nitrogens is 4. The summed E-state index contributed by atoms with van der Waals surface area (Å²) in [7, 11) is -0.435. The van der Waals surface area contributed by atoms with Gasteiger partial charge in [0.25, 0.3) is 0 Å². The van der Waals surface area contributed by atoms with Gasteiger partial charge in [-0.15, -0.1) is 5.10 Å². The van der Waals surface area contributed by atoms with E-state index in [1.807, 2.05) is 18.2 Å². The summed E-state index contributed by atoms with van der Waals surface area (Å²) < 4.78 is 19.1. The van der Waals surface area contributed by atoms with Crippen LogP contribution in [0.3, 0.4) is 0 Å². The number of amides is 2. The van der Waals surface area contributed by atoms with Gasteiger partial charge in [-0.2, -0.15) is 4.68 Å². The van der Waals surface area contributed by atoms with E-state index in [0.29, 0.717) is 75.7 Å². The predicted octanol–water partition coefficient (Wildman–Crippen LogP) is 8.55. The number of anilines is 4. The summed E-state index contributed by atoms with van der Waals surface area (Å²) in [6.07, 6.45) is 0.408. The van der Waals surface area contributed by atoms with Crippen LogP contribution in [0.1, 0.15) is 89.6 Å². The molecule has 296 valence electrons. The lowest BCUT2D eigenvalue weighted by atomic mass is 9.91. The standard InChI is InChI=1S/C40H48ClN7O7Si/c1-38(2,3)54-37(52)48-29-16-22(27-18-40(27)26-17-23(53-7)13-15-28(26)47(35(40)49)36(50)51)12-14-25(29)32(45-48)43-33-30(41)34(44-31(42-33)21-10-11-21)46-19-24(20-46)55-56(8,9)39(4,5)6/h12-17,21,24,27H,10-11,18-20H2,1-9H3,(H,50,51)(H,42,43,44,45)/t27-,40-/m0/s1. The Kier molecular flexibility index (Phi) is 8.79. The second-order valence-electron chi connectivity index (χ2n) is 17.9. The van der Waals surface area contributed by atoms with Crippen molar-refractivity contribution in [2.75, 3.05) is 35.3 Å². The molecule has 3 fully saturated rings. The molecule has 1 saturated heterocycles. The number of benzene rings is 2. The fourth-order valence-corrected chi connectivity index (χ4v) is 9.14. The van der Waals surface area contributed by atoms with Crippen molar-refractivity contribution in [3.05, 3.63) is 58.4 Å². The third-order valence-corrected chi connectivity index (χ3v) is 16.7. The fraction of sp³-hybridized carbons (Fsp3) is 0.500. The van der Waals surface area contributed by atoms with Crippen LogP contribution < -0.4 is 19.9 Å². The van der Waals surface area contributed by atoms with E-state index in [-0.39, 0.29) is 23.0 Å². The first-order chi connectivity index (χ1) is 26.2. The fourth-order valence-electron chi connectivity index (χ4n) is 7.55. The zero-order valence-corrected chi connectivity index (χ0v) is 34.9. The van der Waals surface area contributed by atoms with Crippen LogP contribution in [-0.2, 0) is 19.4 Å². The van der Waals surface area contributed by atoms with Gasteiger partial charge >= 0.3 is 12.2 Å². The molecule has 2 atom stereocenters. The van der Waals surface area contributed by atoms with E-state index in [0.717, 1.165) is 23.3 Å². The van der Waals surface area contributed by atoms with Gasteiger partial charge in [0.15, 0.2) is 25.8 Å². The minimum Gasteiger partial charge on any atom is -0.497 e. The van der Waals surface area contributed by atoms with Gasteiger partial charge in [-0.1, -0.05) is 38.4 Å². The Morgan fingerprint density at radius 2 is 1.73 bits per heavy atom. The quantitative estimate of drug-likeness (QED) is 0.164. The van der Waals surface area contributed by atoms with Crippen LogP contribution in [0, 0.1) is 0 Å². The minimum absolute atomic E-state index is 0.0817. The molecule has 2 aliphatic carbocycles. The van der Waals surface area contributed by atoms with Gasteiger partial charge in [-0.05, 0) is 99.6 Å². The number of fused-ring (bicyclic) bond motifs is 3. The van der Waals surface area contributed by atoms with Crippen molar-refractivity contribution in [2.45, 2.75) is 108 Å². The number of hydrogen-bond donors (Lipinski definition) is 2. The average molecular weight is 802 g/mol. The van der Waals surface area contributed by atoms with E-state index in [4.69, 9.17) is 40.6 Å². The molecule has 2 aliphatic heterocycles. The molecule has 2 N–H and O–H groups in total. The summed E-state index contributed by atoms with van der Waals surface area (Å²) >= 11 is 7.11. The molecule has 16 heteroatoms. The summed E-state index contributed by atoms with van der Waals surface area (Å²) in [5, 5.41) is 19.1. The summed E-state index contributed by atoms with van der Waals surface area (Å²) in [5.41, 5.74) is 0.193. The Bertz CT molecular complexity index is 2310. The number of nitrogens with one attached hydrogen (secondary N) is 1. The Morgan fingerprint density at radius 1 is 1.02 bits per heavy atom. The number of carboxylic acid groups (broad SMARTS) is 1. The number of rotatable bonds is 8. The highest BCUT2D eigenvalue weighted by atomic mass is 35.5. The van der Waals surface area contributed by atoms with Crippen molar-refractivity contribution in [3.8, 4) is 5.75 Å². The van der Waals surface area contributed by atoms with Gasteiger partial charge in [-0.25, -0.2) is 24.5 Å². The third kappa shape index (κ3) is 6.37. The molecular weight excluding hydrogens is 754 g/mol. The Balaban J connectivity index is 1.15. The van der Waals surface area contributed by atoms with Crippen molar-refractivity contribution < 1.29 is 33.4 Å². The van der Waals surface area contributed by atoms with Gasteiger partial charge in [0.05, 0.1) is 29.8 Å². The van der Waals surface area contributed by atoms with Crippen molar-refractivity contribution in [1.29, 1.82) is 0 Å². The number of ether oxygens (including phenoxy) is 2. The van der Waals surface area contributed by atoms with Gasteiger partial charge < -0.3 is 29.2 Å². The normalized spacial score (nSPS) is 21.0. The van der Waals surface area contributed by atoms with Crippen LogP contribution in [-0.4, -0.2) is 83.2 Å². The second kappa shape index (κ2) is 12.9. The lowest BCUT2D eigenvalue weighted by Crippen LogP contribution is -2.58. The molecule has 0 unspecified atom stereocenters. The average Bonchev–Trinajstić information content (AvgIpc) is 4.01. The van der Waals surface area contributed by atoms with Crippen molar-refractivity contribution in [3.63, 3.8) is 0 Å². The molecular formula is C40H48ClN7O7Si. The minimum atomic E-state index is -1.96. The predicted molar refractivity (Wildman–Crippen MR) is 215 cm³/mol. The van der Waals surface area contributed by atoms with E-state index in [9.17, 15) is 19.5 Å². The Labute approximate surface area is 331 Å². The molecule has 2 aromatic heterocycles. The molecule has 1 spiro atoms. The van der Waals surface area contributed by atoms with Gasteiger partial charge in [0, 0.05) is 30.3 Å². The molecule has 2 amide bonds. The van der Waals surface area contributed by atoms with Crippen molar-refractivity contribution >= 4 is 72.1 Å². The van der Waals surface area contributed by atoms with Gasteiger partial charge in [0.1, 0.15) is 22.2 Å². The first-order valence-corrected chi connectivity index (χ1v) is 22.3. The summed E-state index contributed by atoms with van der Waals surface area (Å²) in [6.45, 7) is 17.9. The van der Waals surface area contributed by atoms with Crippen LogP contribution >= 0.6 is 11.6 Å². The molecule has 4 aliphatic rings. The molecule has 0 radical (unpaired) electrons. The Hall–Kier alpha value is -4.73. The van der Waals surface area contributed by atoms with E-state index in [1.54, 1.807) is 39.0 Å². The second-order valence-corrected chi connectivity index (χ2v) is 23.1. The lowest BCUT2D eigenvalue weighted by Gasteiger charge is -2.47. The van der Waals surface area contributed by atoms with Crippen LogP contribution in [0.25, 0.3) is 10.9 Å². The van der Waals surface area contributed by atoms with Gasteiger partial charge in [-0.3, -0.25) is 4.79 Å². The maximum Gasteiger partial charge on any atom is 0.435 e. The molecule has 4 aromatic rings. The molecule has 56 heavy (non-hydrogen) atoms. The topological polar surface area (TPSA) is 161 Å². The van der Waals surface area contributed by atoms with Crippen LogP contribution in [0.4, 0.5) is 32.7 Å². The number of carbonyl (C=O) groups excluding carboxylic acids is 2. The van der Waals surface area contributed by atoms with Crippen molar-refractivity contribution in [1.82, 2.24) is 19.7 Å². The first-order valence-electron chi connectivity index (χ1n) is 19.0. The SMILES string of the molecule is COc1ccc2c(c1)[C@]1(C[C@H]1c1ccc3c(Nc4nc(C5CC5)nc(N5CC(O[Si](C)(C)C(C)(C)C)C5)c4Cl)nn(C(=O)OC(C)(C)C)c3c1)C(=O)N2C(=O)O. The maximum absolute atomic E-state index is 13.9. The molecule has 0 bridgehead atoms. The number of carbonyl (C=O) groups is 3. The number of hydrogen-bond acceptors (Lipinski definition) is 11. The molecule has 8 rings (SSSR count). The summed E-state index contributed by atoms with van der Waals surface area (Å²) in [4.78, 5) is 52.6. The highest BCUT2D eigenvalue weighted by Crippen LogP contribution is 2.67. The van der Waals surface area contributed by atoms with E-state index < -0.39 is 37.4 Å². The first kappa shape index (κ1) is 38.2. The molecule has 14 nitrogen and oxygen atoms in total. The monoisotopic (exact) mass is 801 g/mol. The smallest absolute Gasteiger partial charge is 0.435 e. The number of nitrogens with zero attached hydrogens (tertiary/aromatic N) is 6. The summed E-state index contributed by atoms with van der Waals surface area (Å²) in [6, 6.07) is 10.5. The molecule has 4 heterocycles. The number of halogens is 1. The van der Waals surface area contributed by atoms with Gasteiger partial charge in [0.2, 0.25) is 5.91 Å². The molecule has 2 saturated carbocycles. The largest absolute Gasteiger partial charge is 0.497 e. The highest BCUT2D eigenvalue weighted by Gasteiger charge is 2.68. The third-order valence-electron chi connectivity index (χ3n) is 11.8. The van der Waals surface area contributed by atoms with Crippen LogP contribution in [0.15, 0.2) is 36.4 Å². The van der Waals surface area contributed by atoms with E-state index in [2.05, 4.69) is 44.1 Å². The highest BCUT2D eigenvalue weighted by molar-refractivity contribution is 6.74. The number of imide groups is 1. The van der Waals surface area contributed by atoms with E-state index >= 15 is 0 Å². The maximum atomic E-state index is 13.9. The number of methoxy groups -OCH3 is 1. The van der Waals surface area contributed by atoms with Crippen LogP contribution in [0.2, 0.25) is 23.2 Å². The lowest BCUT2D eigenvalue weighted by molar-refractivity contribution is -0.119. The Morgan fingerprint density at radius 3 is 2.36 bits per heavy atom. The van der Waals surface area contributed by atoms with E-state index in [1.165, 1.54) is 11.8 Å². The summed E-state index contributed by atoms with van der Waals surface area (Å²) in [5.74, 6) is 1.92. The zero-order chi connectivity index (χ0) is 40.3. The van der Waals surface area contributed by atoms with Crippen molar-refractivity contribution in [2.24, 2.45) is 0 Å². The molecule has 2 aromatic carbocycles. The van der Waals surface area contributed by atoms with Crippen LogP contribution in [0.5, 0.6) is 5.75 Å². The zero-order valence-electron chi connectivity index (χ0n) is 33.2.